The van der Waals surface area contributed by atoms with Gasteiger partial charge in [0, 0.05) is 23.1 Å². The summed E-state index contributed by atoms with van der Waals surface area (Å²) in [7, 11) is 0. The normalized spacial score (nSPS) is 17.6. The van der Waals surface area contributed by atoms with E-state index in [0.717, 1.165) is 12.1 Å². The minimum Gasteiger partial charge on any atom is -0.374 e. The first-order valence-corrected chi connectivity index (χ1v) is 12.4. The SMILES string of the molecule is O=C(CNC(=O)c1ccc(C2=NOC(c3cc(C(F)(F)F)cc(C(F)(F)F)c3)(C(F)(F)F)C2)c2ccccc12)NCC(F)(F)F. The average Bonchev–Trinajstić information content (AvgIpc) is 3.40. The first-order valence-electron chi connectivity index (χ1n) is 12.4. The standard InChI is InChI=1S/C27H17F12N3O3/c28-24(29,30)12-41-21(43)11-40-22(44)19-6-5-18(16-3-1-2-4-17(16)19)20-10-23(45-42-20,27(37,38)39)13-7-14(25(31,32)33)9-15(8-13)26(34,35)36/h1-9H,10-12H2,(H,40,44)(H,41,43). The smallest absolute Gasteiger partial charge is 0.374 e. The predicted octanol–water partition coefficient (Wildman–Crippen LogP) is 6.87. The molecule has 1 aliphatic heterocycles. The van der Waals surface area contributed by atoms with E-state index in [0.29, 0.717) is 0 Å². The van der Waals surface area contributed by atoms with Gasteiger partial charge in [-0.15, -0.1) is 0 Å². The molecule has 3 aromatic carbocycles. The van der Waals surface area contributed by atoms with E-state index < -0.39 is 84.0 Å². The van der Waals surface area contributed by atoms with Crippen LogP contribution in [0.1, 0.15) is 39.0 Å². The van der Waals surface area contributed by atoms with Crippen molar-refractivity contribution in [2.24, 2.45) is 5.16 Å². The van der Waals surface area contributed by atoms with E-state index in [2.05, 4.69) is 15.3 Å². The van der Waals surface area contributed by atoms with Gasteiger partial charge >= 0.3 is 24.7 Å². The van der Waals surface area contributed by atoms with Crippen LogP contribution in [0.25, 0.3) is 10.8 Å². The van der Waals surface area contributed by atoms with Crippen LogP contribution in [0.4, 0.5) is 52.7 Å². The van der Waals surface area contributed by atoms with Gasteiger partial charge in [-0.3, -0.25) is 9.59 Å². The Hall–Kier alpha value is -4.51. The lowest BCUT2D eigenvalue weighted by molar-refractivity contribution is -0.276. The lowest BCUT2D eigenvalue weighted by Crippen LogP contribution is -2.43. The second kappa shape index (κ2) is 11.4. The van der Waals surface area contributed by atoms with Crippen molar-refractivity contribution in [3.05, 3.63) is 82.4 Å². The summed E-state index contributed by atoms with van der Waals surface area (Å²) in [5.41, 5.74) is -10.1. The summed E-state index contributed by atoms with van der Waals surface area (Å²) in [6.45, 7) is -2.52. The van der Waals surface area contributed by atoms with Crippen LogP contribution in [0.15, 0.2) is 59.8 Å². The maximum atomic E-state index is 14.5. The number of hydrogen-bond donors (Lipinski definition) is 2. The van der Waals surface area contributed by atoms with Crippen molar-refractivity contribution in [1.29, 1.82) is 0 Å². The van der Waals surface area contributed by atoms with Crippen LogP contribution in [-0.2, 0) is 27.6 Å². The number of alkyl halides is 12. The minimum atomic E-state index is -5.58. The number of carbonyl (C=O) groups is 2. The molecule has 0 fully saturated rings. The molecule has 18 heteroatoms. The number of benzene rings is 3. The summed E-state index contributed by atoms with van der Waals surface area (Å²) in [6, 6.07) is 7.08. The van der Waals surface area contributed by atoms with Gasteiger partial charge in [-0.2, -0.15) is 52.7 Å². The van der Waals surface area contributed by atoms with E-state index >= 15 is 0 Å². The van der Waals surface area contributed by atoms with Gasteiger partial charge in [-0.1, -0.05) is 35.5 Å². The Morgan fingerprint density at radius 2 is 1.36 bits per heavy atom. The van der Waals surface area contributed by atoms with E-state index in [1.54, 1.807) is 5.32 Å². The Balaban J connectivity index is 1.70. The van der Waals surface area contributed by atoms with Crippen LogP contribution in [0, 0.1) is 0 Å². The van der Waals surface area contributed by atoms with Crippen molar-refractivity contribution in [3.8, 4) is 0 Å². The number of carbonyl (C=O) groups excluding carboxylic acids is 2. The minimum absolute atomic E-state index is 0.0482. The molecule has 0 spiro atoms. The van der Waals surface area contributed by atoms with Crippen LogP contribution < -0.4 is 10.6 Å². The van der Waals surface area contributed by atoms with Crippen molar-refractivity contribution in [3.63, 3.8) is 0 Å². The number of nitrogens with zero attached hydrogens (tertiary/aromatic N) is 1. The van der Waals surface area contributed by atoms with Gasteiger partial charge in [-0.25, -0.2) is 0 Å². The van der Waals surface area contributed by atoms with Gasteiger partial charge in [0.15, 0.2) is 0 Å². The molecule has 0 aromatic heterocycles. The summed E-state index contributed by atoms with van der Waals surface area (Å²) in [4.78, 5) is 29.1. The second-order valence-electron chi connectivity index (χ2n) is 9.71. The Kier molecular flexibility index (Phi) is 8.49. The lowest BCUT2D eigenvalue weighted by atomic mass is 9.83. The van der Waals surface area contributed by atoms with E-state index in [1.807, 2.05) is 0 Å². The zero-order chi connectivity index (χ0) is 33.6. The highest BCUT2D eigenvalue weighted by Crippen LogP contribution is 2.51. The van der Waals surface area contributed by atoms with E-state index in [4.69, 9.17) is 0 Å². The van der Waals surface area contributed by atoms with Gasteiger partial charge < -0.3 is 15.5 Å². The molecular weight excluding hydrogens is 642 g/mol. The van der Waals surface area contributed by atoms with Crippen LogP contribution in [0.5, 0.6) is 0 Å². The van der Waals surface area contributed by atoms with E-state index in [-0.39, 0.29) is 40.1 Å². The van der Waals surface area contributed by atoms with Crippen LogP contribution >= 0.6 is 0 Å². The van der Waals surface area contributed by atoms with Gasteiger partial charge in [-0.05, 0) is 35.0 Å². The Morgan fingerprint density at radius 3 is 1.89 bits per heavy atom. The second-order valence-corrected chi connectivity index (χ2v) is 9.71. The van der Waals surface area contributed by atoms with Gasteiger partial charge in [0.25, 0.3) is 11.5 Å². The van der Waals surface area contributed by atoms with Crippen LogP contribution in [0.2, 0.25) is 0 Å². The van der Waals surface area contributed by atoms with Crippen molar-refractivity contribution in [2.45, 2.75) is 36.7 Å². The van der Waals surface area contributed by atoms with E-state index in [1.165, 1.54) is 24.3 Å². The number of rotatable bonds is 6. The Bertz CT molecular complexity index is 1630. The molecule has 0 aliphatic carbocycles. The molecule has 45 heavy (non-hydrogen) atoms. The lowest BCUT2D eigenvalue weighted by Gasteiger charge is -2.30. The largest absolute Gasteiger partial charge is 0.435 e. The molecule has 0 saturated carbocycles. The summed E-state index contributed by atoms with van der Waals surface area (Å²) in [5.74, 6) is -2.14. The Morgan fingerprint density at radius 1 is 0.778 bits per heavy atom. The van der Waals surface area contributed by atoms with Crippen molar-refractivity contribution in [1.82, 2.24) is 10.6 Å². The van der Waals surface area contributed by atoms with Crippen LogP contribution in [-0.4, -0.2) is 43.0 Å². The summed E-state index contributed by atoms with van der Waals surface area (Å²) in [5, 5.41) is 7.14. The molecule has 3 aromatic rings. The molecule has 4 rings (SSSR count). The first kappa shape index (κ1) is 33.4. The van der Waals surface area contributed by atoms with Gasteiger partial charge in [0.1, 0.15) is 6.54 Å². The molecular formula is C27H17F12N3O3. The molecule has 1 atom stereocenters. The third-order valence-electron chi connectivity index (χ3n) is 6.62. The monoisotopic (exact) mass is 659 g/mol. The van der Waals surface area contributed by atoms with Gasteiger partial charge in [0.2, 0.25) is 5.91 Å². The molecule has 242 valence electrons. The molecule has 2 amide bonds. The number of fused-ring (bicyclic) bond motifs is 1. The van der Waals surface area contributed by atoms with Crippen molar-refractivity contribution >= 4 is 28.3 Å². The summed E-state index contributed by atoms with van der Waals surface area (Å²) >= 11 is 0. The van der Waals surface area contributed by atoms with E-state index in [9.17, 15) is 62.3 Å². The topological polar surface area (TPSA) is 79.8 Å². The quantitative estimate of drug-likeness (QED) is 0.284. The molecule has 0 bridgehead atoms. The zero-order valence-electron chi connectivity index (χ0n) is 22.0. The molecule has 6 nitrogen and oxygen atoms in total. The highest BCUT2D eigenvalue weighted by Gasteiger charge is 2.63. The molecule has 1 unspecified atom stereocenters. The maximum Gasteiger partial charge on any atom is 0.435 e. The zero-order valence-corrected chi connectivity index (χ0v) is 22.0. The highest BCUT2D eigenvalue weighted by molar-refractivity contribution is 6.16. The molecule has 0 radical (unpaired) electrons. The molecule has 0 saturated heterocycles. The number of nitrogens with one attached hydrogen (secondary N) is 2. The first-order chi connectivity index (χ1) is 20.6. The van der Waals surface area contributed by atoms with Crippen molar-refractivity contribution < 1.29 is 67.1 Å². The van der Waals surface area contributed by atoms with Crippen LogP contribution in [0.3, 0.4) is 0 Å². The average molecular weight is 659 g/mol. The molecule has 1 aliphatic rings. The molecule has 1 heterocycles. The summed E-state index contributed by atoms with van der Waals surface area (Å²) in [6.07, 6.45) is -22.5. The third-order valence-corrected chi connectivity index (χ3v) is 6.62. The highest BCUT2D eigenvalue weighted by atomic mass is 19.4. The fraction of sp³-hybridized carbons (Fsp3) is 0.296. The summed E-state index contributed by atoms with van der Waals surface area (Å²) < 4.78 is 161. The fourth-order valence-corrected chi connectivity index (χ4v) is 4.50. The Labute approximate surface area is 244 Å². The molecule has 2 N–H and O–H groups in total. The number of hydrogen-bond acceptors (Lipinski definition) is 4. The van der Waals surface area contributed by atoms with Crippen molar-refractivity contribution in [2.75, 3.05) is 13.1 Å². The number of amides is 2. The fourth-order valence-electron chi connectivity index (χ4n) is 4.50. The maximum absolute atomic E-state index is 14.5. The number of oxime groups is 1. The van der Waals surface area contributed by atoms with Gasteiger partial charge in [0.05, 0.1) is 23.4 Å². The number of halogens is 12. The third kappa shape index (κ3) is 7.09. The predicted molar refractivity (Wildman–Crippen MR) is 132 cm³/mol.